The molecule has 0 unspecified atom stereocenters. The Hall–Kier alpha value is -1.59. The van der Waals surface area contributed by atoms with E-state index in [1.807, 2.05) is 0 Å². The first-order valence-corrected chi connectivity index (χ1v) is 6.71. The van der Waals surface area contributed by atoms with Gasteiger partial charge in [0.25, 0.3) is 0 Å². The lowest BCUT2D eigenvalue weighted by atomic mass is 10.0. The molecular weight excluding hydrogens is 321 g/mol. The third kappa shape index (κ3) is 3.36. The van der Waals surface area contributed by atoms with Crippen LogP contribution in [0.15, 0.2) is 24.4 Å². The average molecular weight is 333 g/mol. The molecule has 0 aliphatic carbocycles. The number of benzene rings is 1. The van der Waals surface area contributed by atoms with Gasteiger partial charge in [0.1, 0.15) is 11.3 Å². The quantitative estimate of drug-likeness (QED) is 0.838. The summed E-state index contributed by atoms with van der Waals surface area (Å²) in [6, 6.07) is 3.43. The maximum Gasteiger partial charge on any atom is 0.192 e. The molecule has 0 amide bonds. The van der Waals surface area contributed by atoms with Gasteiger partial charge in [-0.25, -0.2) is 8.78 Å². The molecule has 0 saturated heterocycles. The fourth-order valence-corrected chi connectivity index (χ4v) is 2.45. The second-order valence-electron chi connectivity index (χ2n) is 4.91. The number of nitrogen functional groups attached to an aromatic ring is 1. The Labute approximate surface area is 130 Å². The van der Waals surface area contributed by atoms with Gasteiger partial charge in [0.2, 0.25) is 0 Å². The summed E-state index contributed by atoms with van der Waals surface area (Å²) in [5.74, 6) is -2.33. The Kier molecular flexibility index (Phi) is 4.25. The minimum Gasteiger partial charge on any atom is -0.475 e. The van der Waals surface area contributed by atoms with Gasteiger partial charge in [-0.3, -0.25) is 4.98 Å². The van der Waals surface area contributed by atoms with E-state index in [1.54, 1.807) is 13.8 Å². The molecule has 0 spiro atoms. The lowest BCUT2D eigenvalue weighted by Crippen LogP contribution is -2.28. The summed E-state index contributed by atoms with van der Waals surface area (Å²) in [5.41, 5.74) is 4.47. The van der Waals surface area contributed by atoms with Crippen molar-refractivity contribution in [2.75, 3.05) is 5.73 Å². The molecule has 112 valence electrons. The second-order valence-corrected chi connectivity index (χ2v) is 5.75. The van der Waals surface area contributed by atoms with Crippen molar-refractivity contribution >= 4 is 28.9 Å². The Morgan fingerprint density at radius 1 is 1.14 bits per heavy atom. The van der Waals surface area contributed by atoms with Gasteiger partial charge in [0, 0.05) is 24.0 Å². The maximum absolute atomic E-state index is 13.8. The van der Waals surface area contributed by atoms with Crippen molar-refractivity contribution in [2.24, 2.45) is 0 Å². The van der Waals surface area contributed by atoms with Gasteiger partial charge < -0.3 is 10.5 Å². The normalized spacial score (nSPS) is 11.5. The third-order valence-corrected chi connectivity index (χ3v) is 3.25. The summed E-state index contributed by atoms with van der Waals surface area (Å²) >= 11 is 11.8. The molecule has 2 rings (SSSR count). The van der Waals surface area contributed by atoms with Crippen molar-refractivity contribution in [3.05, 3.63) is 51.8 Å². The first kappa shape index (κ1) is 15.8. The van der Waals surface area contributed by atoms with E-state index in [0.29, 0.717) is 10.7 Å². The van der Waals surface area contributed by atoms with Crippen molar-refractivity contribution in [2.45, 2.75) is 19.4 Å². The predicted molar refractivity (Wildman–Crippen MR) is 78.7 cm³/mol. The highest BCUT2D eigenvalue weighted by molar-refractivity contribution is 6.34. The summed E-state index contributed by atoms with van der Waals surface area (Å²) in [4.78, 5) is 4.06. The van der Waals surface area contributed by atoms with Crippen LogP contribution < -0.4 is 10.5 Å². The molecule has 1 heterocycles. The van der Waals surface area contributed by atoms with E-state index in [2.05, 4.69) is 4.98 Å². The van der Waals surface area contributed by atoms with Crippen molar-refractivity contribution < 1.29 is 13.5 Å². The van der Waals surface area contributed by atoms with Crippen molar-refractivity contribution in [3.63, 3.8) is 0 Å². The lowest BCUT2D eigenvalue weighted by Gasteiger charge is -2.27. The van der Waals surface area contributed by atoms with Crippen molar-refractivity contribution in [3.8, 4) is 5.75 Å². The fourth-order valence-electron chi connectivity index (χ4n) is 1.84. The molecule has 0 fully saturated rings. The average Bonchev–Trinajstić information content (AvgIpc) is 2.33. The van der Waals surface area contributed by atoms with Crippen LogP contribution >= 0.6 is 23.2 Å². The summed E-state index contributed by atoms with van der Waals surface area (Å²) < 4.78 is 33.0. The zero-order valence-corrected chi connectivity index (χ0v) is 12.8. The molecule has 0 bridgehead atoms. The molecule has 0 radical (unpaired) electrons. The molecule has 7 heteroatoms. The van der Waals surface area contributed by atoms with E-state index < -0.39 is 23.0 Å². The van der Waals surface area contributed by atoms with E-state index in [4.69, 9.17) is 33.7 Å². The number of hydrogen-bond donors (Lipinski definition) is 1. The number of aromatic nitrogens is 1. The van der Waals surface area contributed by atoms with Gasteiger partial charge in [0.05, 0.1) is 10.0 Å². The van der Waals surface area contributed by atoms with Crippen LogP contribution in [0.1, 0.15) is 19.5 Å². The molecule has 0 saturated carbocycles. The molecule has 3 nitrogen and oxygen atoms in total. The number of nitrogens with zero attached hydrogens (tertiary/aromatic N) is 1. The predicted octanol–water partition coefficient (Wildman–Crippen LogP) is 4.56. The van der Waals surface area contributed by atoms with E-state index in [9.17, 15) is 8.78 Å². The summed E-state index contributed by atoms with van der Waals surface area (Å²) in [5, 5.41) is 0.591. The third-order valence-electron chi connectivity index (χ3n) is 2.76. The molecule has 21 heavy (non-hydrogen) atoms. The molecule has 1 aromatic carbocycles. The Balaban J connectivity index is 2.42. The summed E-state index contributed by atoms with van der Waals surface area (Å²) in [6.45, 7) is 3.18. The molecule has 2 N–H and O–H groups in total. The zero-order chi connectivity index (χ0) is 15.8. The number of pyridine rings is 1. The lowest BCUT2D eigenvalue weighted by molar-refractivity contribution is 0.0919. The van der Waals surface area contributed by atoms with Gasteiger partial charge in [-0.2, -0.15) is 0 Å². The van der Waals surface area contributed by atoms with Crippen molar-refractivity contribution in [1.29, 1.82) is 0 Å². The number of ether oxygens (including phenoxy) is 1. The van der Waals surface area contributed by atoms with Crippen LogP contribution in [-0.4, -0.2) is 4.98 Å². The van der Waals surface area contributed by atoms with Crippen molar-refractivity contribution in [1.82, 2.24) is 4.98 Å². The van der Waals surface area contributed by atoms with E-state index >= 15 is 0 Å². The summed E-state index contributed by atoms with van der Waals surface area (Å²) in [7, 11) is 0. The fraction of sp³-hybridized carbons (Fsp3) is 0.214. The van der Waals surface area contributed by atoms with Crippen LogP contribution in [0.3, 0.4) is 0 Å². The maximum atomic E-state index is 13.8. The zero-order valence-electron chi connectivity index (χ0n) is 11.3. The minimum atomic E-state index is -1.17. The van der Waals surface area contributed by atoms with E-state index in [-0.39, 0.29) is 10.7 Å². The van der Waals surface area contributed by atoms with Crippen LogP contribution in [-0.2, 0) is 5.60 Å². The highest BCUT2D eigenvalue weighted by Crippen LogP contribution is 2.35. The van der Waals surface area contributed by atoms with Gasteiger partial charge in [-0.15, -0.1) is 0 Å². The SMILES string of the molecule is CC(C)(Oc1c(F)cc(N)cc1F)c1ncc(Cl)cc1Cl. The highest BCUT2D eigenvalue weighted by atomic mass is 35.5. The first-order chi connectivity index (χ1) is 9.70. The van der Waals surface area contributed by atoms with Gasteiger partial charge in [-0.05, 0) is 19.9 Å². The first-order valence-electron chi connectivity index (χ1n) is 5.96. The van der Waals surface area contributed by atoms with Crippen LogP contribution in [0.25, 0.3) is 0 Å². The molecule has 2 aromatic rings. The largest absolute Gasteiger partial charge is 0.475 e. The number of anilines is 1. The van der Waals surface area contributed by atoms with Crippen LogP contribution in [0, 0.1) is 11.6 Å². The number of halogens is 4. The smallest absolute Gasteiger partial charge is 0.192 e. The van der Waals surface area contributed by atoms with E-state index in [0.717, 1.165) is 12.1 Å². The Morgan fingerprint density at radius 2 is 1.71 bits per heavy atom. The molecule has 0 atom stereocenters. The topological polar surface area (TPSA) is 48.1 Å². The Bertz CT molecular complexity index is 670. The molecule has 0 aliphatic heterocycles. The minimum absolute atomic E-state index is 0.0298. The van der Waals surface area contributed by atoms with E-state index in [1.165, 1.54) is 12.3 Å². The van der Waals surface area contributed by atoms with Gasteiger partial charge >= 0.3 is 0 Å². The molecule has 0 aliphatic rings. The number of hydrogen-bond acceptors (Lipinski definition) is 3. The monoisotopic (exact) mass is 332 g/mol. The van der Waals surface area contributed by atoms with Crippen LogP contribution in [0.4, 0.5) is 14.5 Å². The van der Waals surface area contributed by atoms with Crippen LogP contribution in [0.2, 0.25) is 10.0 Å². The number of rotatable bonds is 3. The second kappa shape index (κ2) is 5.66. The standard InChI is InChI=1S/C14H12Cl2F2N2O/c1-14(2,13-9(16)3-7(15)6-20-13)21-12-10(17)4-8(19)5-11(12)18/h3-6H,19H2,1-2H3. The summed E-state index contributed by atoms with van der Waals surface area (Å²) in [6.07, 6.45) is 1.38. The Morgan fingerprint density at radius 3 is 2.24 bits per heavy atom. The number of nitrogens with two attached hydrogens (primary N) is 1. The van der Waals surface area contributed by atoms with Gasteiger partial charge in [-0.1, -0.05) is 23.2 Å². The molecule has 1 aromatic heterocycles. The molecular formula is C14H12Cl2F2N2O. The van der Waals surface area contributed by atoms with Gasteiger partial charge in [0.15, 0.2) is 17.4 Å². The van der Waals surface area contributed by atoms with Crippen LogP contribution in [0.5, 0.6) is 5.75 Å². The highest BCUT2D eigenvalue weighted by Gasteiger charge is 2.30.